The Morgan fingerprint density at radius 1 is 1.26 bits per heavy atom. The molecule has 0 aliphatic carbocycles. The third kappa shape index (κ3) is 5.23. The Morgan fingerprint density at radius 2 is 1.83 bits per heavy atom. The number of carboxylic acid groups (broad SMARTS) is 1. The number of halogens is 1. The summed E-state index contributed by atoms with van der Waals surface area (Å²) in [7, 11) is 0. The molecule has 1 amide bonds. The number of aryl methyl sites for hydroxylation is 1. The third-order valence-corrected chi connectivity index (χ3v) is 4.04. The van der Waals surface area contributed by atoms with E-state index in [-0.39, 0.29) is 6.04 Å². The quantitative estimate of drug-likeness (QED) is 0.826. The lowest BCUT2D eigenvalue weighted by Crippen LogP contribution is -2.45. The zero-order valence-electron chi connectivity index (χ0n) is 14.4. The molecule has 0 aliphatic rings. The Bertz CT molecular complexity index is 593. The van der Waals surface area contributed by atoms with Gasteiger partial charge in [0, 0.05) is 10.5 Å². The van der Waals surface area contributed by atoms with E-state index in [4.69, 9.17) is 4.74 Å². The van der Waals surface area contributed by atoms with E-state index in [1.54, 1.807) is 46.8 Å². The van der Waals surface area contributed by atoms with Crippen molar-refractivity contribution in [1.82, 2.24) is 4.90 Å². The monoisotopic (exact) mass is 385 g/mol. The van der Waals surface area contributed by atoms with Crippen LogP contribution in [0.3, 0.4) is 0 Å². The highest BCUT2D eigenvalue weighted by Crippen LogP contribution is 2.29. The maximum Gasteiger partial charge on any atom is 0.411 e. The van der Waals surface area contributed by atoms with E-state index in [2.05, 4.69) is 15.9 Å². The summed E-state index contributed by atoms with van der Waals surface area (Å²) in [6.45, 7) is 10.7. The number of hydrogen-bond donors (Lipinski definition) is 1. The summed E-state index contributed by atoms with van der Waals surface area (Å²) >= 11 is 3.41. The van der Waals surface area contributed by atoms with E-state index < -0.39 is 23.7 Å². The van der Waals surface area contributed by atoms with Gasteiger partial charge in [0.1, 0.15) is 5.60 Å². The van der Waals surface area contributed by atoms with Crippen molar-refractivity contribution >= 4 is 28.0 Å². The summed E-state index contributed by atoms with van der Waals surface area (Å²) in [5.41, 5.74) is 0.821. The average molecular weight is 386 g/mol. The Labute approximate surface area is 145 Å². The van der Waals surface area contributed by atoms with Gasteiger partial charge in [-0.2, -0.15) is 0 Å². The molecule has 1 unspecified atom stereocenters. The number of carbonyl (C=O) groups excluding carboxylic acids is 1. The molecule has 0 saturated heterocycles. The summed E-state index contributed by atoms with van der Waals surface area (Å²) in [5, 5.41) is 9.69. The molecule has 128 valence electrons. The maximum absolute atomic E-state index is 12.5. The second-order valence-electron chi connectivity index (χ2n) is 6.73. The molecule has 0 saturated carbocycles. The van der Waals surface area contributed by atoms with Gasteiger partial charge in [-0.15, -0.1) is 0 Å². The fraction of sp³-hybridized carbons (Fsp3) is 0.529. The standard InChI is InChI=1S/C17H24BrNO4/c1-10(2)19(16(22)23-17(4,5)6)14(15(20)21)12-8-7-11(3)13(18)9-12/h7-10,14H,1-6H3,(H,20,21). The van der Waals surface area contributed by atoms with Crippen molar-refractivity contribution in [3.05, 3.63) is 33.8 Å². The molecule has 1 aromatic carbocycles. The Hall–Kier alpha value is -1.56. The minimum Gasteiger partial charge on any atom is -0.479 e. The highest BCUT2D eigenvalue weighted by Gasteiger charge is 2.36. The van der Waals surface area contributed by atoms with Crippen LogP contribution in [-0.2, 0) is 9.53 Å². The minimum absolute atomic E-state index is 0.328. The molecule has 0 bridgehead atoms. The summed E-state index contributed by atoms with van der Waals surface area (Å²) in [4.78, 5) is 25.6. The molecule has 1 aromatic rings. The molecular formula is C17H24BrNO4. The molecule has 0 aromatic heterocycles. The van der Waals surface area contributed by atoms with Crippen LogP contribution in [0.5, 0.6) is 0 Å². The predicted molar refractivity (Wildman–Crippen MR) is 92.5 cm³/mol. The molecule has 1 N–H and O–H groups in total. The number of carboxylic acids is 1. The fourth-order valence-corrected chi connectivity index (χ4v) is 2.53. The number of hydrogen-bond acceptors (Lipinski definition) is 3. The van der Waals surface area contributed by atoms with E-state index in [0.29, 0.717) is 5.56 Å². The van der Waals surface area contributed by atoms with Gasteiger partial charge in [-0.1, -0.05) is 28.1 Å². The largest absolute Gasteiger partial charge is 0.479 e. The normalized spacial score (nSPS) is 12.9. The van der Waals surface area contributed by atoms with Crippen molar-refractivity contribution in [2.45, 2.75) is 59.2 Å². The van der Waals surface area contributed by atoms with Crippen LogP contribution in [0.15, 0.2) is 22.7 Å². The van der Waals surface area contributed by atoms with Crippen LogP contribution in [0.4, 0.5) is 4.79 Å². The van der Waals surface area contributed by atoms with Crippen molar-refractivity contribution in [3.8, 4) is 0 Å². The highest BCUT2D eigenvalue weighted by atomic mass is 79.9. The first-order valence-electron chi connectivity index (χ1n) is 7.44. The zero-order valence-corrected chi connectivity index (χ0v) is 16.0. The number of benzene rings is 1. The van der Waals surface area contributed by atoms with Crippen molar-refractivity contribution in [1.29, 1.82) is 0 Å². The van der Waals surface area contributed by atoms with Crippen molar-refractivity contribution in [2.75, 3.05) is 0 Å². The molecule has 0 heterocycles. The number of carbonyl (C=O) groups is 2. The van der Waals surface area contributed by atoms with Gasteiger partial charge in [0.05, 0.1) is 0 Å². The van der Waals surface area contributed by atoms with E-state index in [0.717, 1.165) is 10.0 Å². The first-order chi connectivity index (χ1) is 10.4. The zero-order chi connectivity index (χ0) is 17.9. The Morgan fingerprint density at radius 3 is 2.22 bits per heavy atom. The van der Waals surface area contributed by atoms with Crippen LogP contribution in [0.2, 0.25) is 0 Å². The predicted octanol–water partition coefficient (Wildman–Crippen LogP) is 4.53. The molecule has 0 fully saturated rings. The Kier molecular flexibility index (Phi) is 6.22. The fourth-order valence-electron chi connectivity index (χ4n) is 2.13. The molecule has 5 nitrogen and oxygen atoms in total. The van der Waals surface area contributed by atoms with Crippen molar-refractivity contribution < 1.29 is 19.4 Å². The average Bonchev–Trinajstić information content (AvgIpc) is 2.36. The lowest BCUT2D eigenvalue weighted by Gasteiger charge is -2.34. The second-order valence-corrected chi connectivity index (χ2v) is 7.59. The smallest absolute Gasteiger partial charge is 0.411 e. The molecule has 1 atom stereocenters. The van der Waals surface area contributed by atoms with Gasteiger partial charge in [-0.25, -0.2) is 9.59 Å². The van der Waals surface area contributed by atoms with Crippen LogP contribution in [0, 0.1) is 6.92 Å². The number of aliphatic carboxylic acids is 1. The van der Waals surface area contributed by atoms with Crippen LogP contribution < -0.4 is 0 Å². The number of nitrogens with zero attached hydrogens (tertiary/aromatic N) is 1. The molecule has 0 radical (unpaired) electrons. The molecule has 1 rings (SSSR count). The van der Waals surface area contributed by atoms with Crippen LogP contribution in [0.1, 0.15) is 51.8 Å². The van der Waals surface area contributed by atoms with Gasteiger partial charge < -0.3 is 9.84 Å². The van der Waals surface area contributed by atoms with Gasteiger partial charge in [-0.3, -0.25) is 4.90 Å². The topological polar surface area (TPSA) is 66.8 Å². The number of ether oxygens (including phenoxy) is 1. The molecule has 0 spiro atoms. The van der Waals surface area contributed by atoms with E-state index in [1.165, 1.54) is 4.90 Å². The molecule has 0 aliphatic heterocycles. The Balaban J connectivity index is 3.29. The lowest BCUT2D eigenvalue weighted by molar-refractivity contribution is -0.144. The van der Waals surface area contributed by atoms with Crippen LogP contribution >= 0.6 is 15.9 Å². The summed E-state index contributed by atoms with van der Waals surface area (Å²) in [5.74, 6) is -1.10. The first-order valence-corrected chi connectivity index (χ1v) is 8.23. The van der Waals surface area contributed by atoms with Crippen molar-refractivity contribution in [2.24, 2.45) is 0 Å². The minimum atomic E-state index is -1.11. The van der Waals surface area contributed by atoms with Gasteiger partial charge in [0.15, 0.2) is 6.04 Å². The van der Waals surface area contributed by atoms with Crippen LogP contribution in [-0.4, -0.2) is 33.7 Å². The van der Waals surface area contributed by atoms with Gasteiger partial charge in [-0.05, 0) is 58.7 Å². The second kappa shape index (κ2) is 7.34. The molecule has 6 heteroatoms. The van der Waals surface area contributed by atoms with Crippen LogP contribution in [0.25, 0.3) is 0 Å². The van der Waals surface area contributed by atoms with Gasteiger partial charge in [0.2, 0.25) is 0 Å². The summed E-state index contributed by atoms with van der Waals surface area (Å²) < 4.78 is 6.18. The van der Waals surface area contributed by atoms with Crippen molar-refractivity contribution in [3.63, 3.8) is 0 Å². The molecular weight excluding hydrogens is 362 g/mol. The van der Waals surface area contributed by atoms with Gasteiger partial charge in [0.25, 0.3) is 0 Å². The SMILES string of the molecule is Cc1ccc(C(C(=O)O)N(C(=O)OC(C)(C)C)C(C)C)cc1Br. The summed E-state index contributed by atoms with van der Waals surface area (Å²) in [6, 6.07) is 3.84. The summed E-state index contributed by atoms with van der Waals surface area (Å²) in [6.07, 6.45) is -0.642. The van der Waals surface area contributed by atoms with Gasteiger partial charge >= 0.3 is 12.1 Å². The third-order valence-electron chi connectivity index (χ3n) is 3.18. The van der Waals surface area contributed by atoms with E-state index in [9.17, 15) is 14.7 Å². The molecule has 23 heavy (non-hydrogen) atoms. The van der Waals surface area contributed by atoms with E-state index in [1.807, 2.05) is 13.0 Å². The number of amides is 1. The van der Waals surface area contributed by atoms with E-state index >= 15 is 0 Å². The first kappa shape index (κ1) is 19.5. The lowest BCUT2D eigenvalue weighted by atomic mass is 10.0. The number of rotatable bonds is 4. The maximum atomic E-state index is 12.5. The highest BCUT2D eigenvalue weighted by molar-refractivity contribution is 9.10.